The van der Waals surface area contributed by atoms with Crippen molar-refractivity contribution in [2.75, 3.05) is 0 Å². The van der Waals surface area contributed by atoms with Gasteiger partial charge in [0.05, 0.1) is 5.57 Å². The first-order valence-corrected chi connectivity index (χ1v) is 5.27. The van der Waals surface area contributed by atoms with Crippen LogP contribution < -0.4 is 0 Å². The van der Waals surface area contributed by atoms with Crippen molar-refractivity contribution in [2.24, 2.45) is 5.41 Å². The van der Waals surface area contributed by atoms with Gasteiger partial charge in [0, 0.05) is 0 Å². The van der Waals surface area contributed by atoms with Crippen molar-refractivity contribution in [1.82, 2.24) is 0 Å². The Bertz CT molecular complexity index is 544. The lowest BCUT2D eigenvalue weighted by Crippen LogP contribution is -2.64. The van der Waals surface area contributed by atoms with Crippen LogP contribution in [0.25, 0.3) is 0 Å². The first kappa shape index (κ1) is 21.7. The van der Waals surface area contributed by atoms with E-state index in [1.807, 2.05) is 0 Å². The van der Waals surface area contributed by atoms with E-state index in [-0.39, 0.29) is 0 Å². The molecule has 0 nitrogen and oxygen atoms in total. The third kappa shape index (κ3) is 2.23. The maximum Gasteiger partial charge on any atom is 0.416 e. The predicted molar refractivity (Wildman–Crippen MR) is 43.6 cm³/mol. The Labute approximate surface area is 125 Å². The molecule has 25 heavy (non-hydrogen) atoms. The number of allylic oxidation sites excluding steroid dienone is 2. The average molecular weight is 412 g/mol. The van der Waals surface area contributed by atoms with Crippen molar-refractivity contribution in [3.8, 4) is 0 Å². The van der Waals surface area contributed by atoms with Crippen LogP contribution in [0.4, 0.5) is 70.2 Å². The molecule has 0 bridgehead atoms. The molecule has 0 radical (unpaired) electrons. The Balaban J connectivity index is 4.21. The third-order valence-electron chi connectivity index (χ3n) is 3.25. The molecular weight excluding hydrogens is 412 g/mol. The van der Waals surface area contributed by atoms with Gasteiger partial charge in [-0.2, -0.15) is 65.9 Å². The summed E-state index contributed by atoms with van der Waals surface area (Å²) < 4.78 is 204. The molecule has 0 amide bonds. The zero-order valence-corrected chi connectivity index (χ0v) is 10.5. The van der Waals surface area contributed by atoms with Crippen LogP contribution >= 0.6 is 0 Å². The number of halogens is 16. The van der Waals surface area contributed by atoms with Gasteiger partial charge in [-0.1, -0.05) is 0 Å². The molecule has 0 fully saturated rings. The van der Waals surface area contributed by atoms with E-state index in [0.717, 1.165) is 0 Å². The molecule has 148 valence electrons. The lowest BCUT2D eigenvalue weighted by atomic mass is 9.75. The van der Waals surface area contributed by atoms with Crippen LogP contribution in [0.5, 0.6) is 0 Å². The van der Waals surface area contributed by atoms with Gasteiger partial charge in [-0.05, 0) is 0 Å². The monoisotopic (exact) mass is 412 g/mol. The van der Waals surface area contributed by atoms with Crippen molar-refractivity contribution in [2.45, 2.75) is 36.3 Å². The van der Waals surface area contributed by atoms with E-state index in [9.17, 15) is 70.2 Å². The molecule has 1 aliphatic rings. The largest absolute Gasteiger partial charge is 0.416 e. The zero-order chi connectivity index (χ0) is 20.7. The van der Waals surface area contributed by atoms with E-state index in [4.69, 9.17) is 0 Å². The highest BCUT2D eigenvalue weighted by atomic mass is 19.4. The van der Waals surface area contributed by atoms with Gasteiger partial charge in [0.2, 0.25) is 0 Å². The van der Waals surface area contributed by atoms with Gasteiger partial charge < -0.3 is 0 Å². The Morgan fingerprint density at radius 3 is 0.960 bits per heavy atom. The summed E-state index contributed by atoms with van der Waals surface area (Å²) in [6.45, 7) is 0. The van der Waals surface area contributed by atoms with Crippen molar-refractivity contribution in [1.29, 1.82) is 0 Å². The molecule has 0 atom stereocenters. The molecule has 0 unspecified atom stereocenters. The highest BCUT2D eigenvalue weighted by Gasteiger charge is 2.95. The van der Waals surface area contributed by atoms with Gasteiger partial charge in [-0.15, -0.1) is 0 Å². The number of hydrogen-bond acceptors (Lipinski definition) is 0. The molecule has 1 aliphatic carbocycles. The minimum Gasteiger partial charge on any atom is -0.205 e. The van der Waals surface area contributed by atoms with Gasteiger partial charge in [-0.3, -0.25) is 0 Å². The van der Waals surface area contributed by atoms with Crippen LogP contribution in [0.15, 0.2) is 11.4 Å². The summed E-state index contributed by atoms with van der Waals surface area (Å²) in [5.74, 6) is -26.7. The van der Waals surface area contributed by atoms with Gasteiger partial charge in [-0.25, -0.2) is 4.39 Å². The molecule has 0 heterocycles. The molecule has 0 N–H and O–H groups in total. The van der Waals surface area contributed by atoms with Crippen molar-refractivity contribution in [3.05, 3.63) is 11.4 Å². The first-order chi connectivity index (χ1) is 10.5. The van der Waals surface area contributed by atoms with E-state index in [1.165, 1.54) is 0 Å². The molecule has 0 aromatic heterocycles. The molecule has 0 aromatic carbocycles. The summed E-state index contributed by atoms with van der Waals surface area (Å²) >= 11 is 0. The molecule has 16 heteroatoms. The SMILES string of the molecule is FC1=C(C(C(F)(F)F)(C(F)(F)F)C(F)(F)F)C(F)(F)C(F)(F)C1(F)F. The van der Waals surface area contributed by atoms with E-state index < -0.39 is 53.1 Å². The van der Waals surface area contributed by atoms with Crippen molar-refractivity contribution < 1.29 is 70.2 Å². The summed E-state index contributed by atoms with van der Waals surface area (Å²) in [7, 11) is 0. The summed E-state index contributed by atoms with van der Waals surface area (Å²) in [5.41, 5.74) is -13.1. The molecule has 1 rings (SSSR count). The summed E-state index contributed by atoms with van der Waals surface area (Å²) in [4.78, 5) is 0. The quantitative estimate of drug-likeness (QED) is 0.478. The fourth-order valence-electron chi connectivity index (χ4n) is 2.09. The Morgan fingerprint density at radius 2 is 0.800 bits per heavy atom. The van der Waals surface area contributed by atoms with Gasteiger partial charge in [0.1, 0.15) is 0 Å². The fourth-order valence-corrected chi connectivity index (χ4v) is 2.09. The highest BCUT2D eigenvalue weighted by molar-refractivity contribution is 5.44. The second-order valence-electron chi connectivity index (χ2n) is 4.66. The number of hydrogen-bond donors (Lipinski definition) is 0. The minimum atomic E-state index is -8.00. The van der Waals surface area contributed by atoms with Gasteiger partial charge in [0.15, 0.2) is 5.83 Å². The smallest absolute Gasteiger partial charge is 0.205 e. The average Bonchev–Trinajstić information content (AvgIpc) is 2.35. The highest BCUT2D eigenvalue weighted by Crippen LogP contribution is 2.72. The summed E-state index contributed by atoms with van der Waals surface area (Å²) in [6, 6.07) is 0. The standard InChI is InChI=1S/C9F16/c10-2-1(4(11,12)6(15,16)5(2,13)14)3(7(17,18)19,8(20,21)22)9(23,24)25. The van der Waals surface area contributed by atoms with E-state index in [1.54, 1.807) is 0 Å². The van der Waals surface area contributed by atoms with Crippen LogP contribution in [0.2, 0.25) is 0 Å². The van der Waals surface area contributed by atoms with Gasteiger partial charge in [0.25, 0.3) is 5.41 Å². The Morgan fingerprint density at radius 1 is 0.520 bits per heavy atom. The summed E-state index contributed by atoms with van der Waals surface area (Å²) in [6.07, 6.45) is -23.9. The van der Waals surface area contributed by atoms with E-state index >= 15 is 0 Å². The second kappa shape index (κ2) is 4.86. The Kier molecular flexibility index (Phi) is 4.22. The summed E-state index contributed by atoms with van der Waals surface area (Å²) in [5, 5.41) is 0. The van der Waals surface area contributed by atoms with Crippen molar-refractivity contribution in [3.63, 3.8) is 0 Å². The molecule has 0 aliphatic heterocycles. The second-order valence-corrected chi connectivity index (χ2v) is 4.66. The van der Waals surface area contributed by atoms with Crippen molar-refractivity contribution >= 4 is 0 Å². The fraction of sp³-hybridized carbons (Fsp3) is 0.778. The minimum absolute atomic E-state index is 4.87. The molecule has 0 saturated carbocycles. The van der Waals surface area contributed by atoms with Crippen LogP contribution in [0.1, 0.15) is 0 Å². The van der Waals surface area contributed by atoms with Crippen LogP contribution in [0, 0.1) is 5.41 Å². The zero-order valence-electron chi connectivity index (χ0n) is 10.5. The lowest BCUT2D eigenvalue weighted by Gasteiger charge is -2.41. The van der Waals surface area contributed by atoms with Crippen LogP contribution in [-0.2, 0) is 0 Å². The van der Waals surface area contributed by atoms with Gasteiger partial charge >= 0.3 is 36.3 Å². The maximum atomic E-state index is 13.2. The third-order valence-corrected chi connectivity index (χ3v) is 3.25. The van der Waals surface area contributed by atoms with E-state index in [2.05, 4.69) is 0 Å². The molecular formula is C9F16. The van der Waals surface area contributed by atoms with Crippen LogP contribution in [0.3, 0.4) is 0 Å². The number of rotatable bonds is 1. The molecule has 0 saturated heterocycles. The Hall–Kier alpha value is -1.38. The lowest BCUT2D eigenvalue weighted by molar-refractivity contribution is -0.419. The predicted octanol–water partition coefficient (Wildman–Crippen LogP) is 5.80. The van der Waals surface area contributed by atoms with E-state index in [0.29, 0.717) is 0 Å². The first-order valence-electron chi connectivity index (χ1n) is 5.27. The topological polar surface area (TPSA) is 0 Å². The normalized spacial score (nSPS) is 24.0. The number of alkyl halides is 15. The molecule has 0 spiro atoms. The maximum absolute atomic E-state index is 13.2. The molecule has 0 aromatic rings. The van der Waals surface area contributed by atoms with Crippen LogP contribution in [-0.4, -0.2) is 36.3 Å².